The molecule has 0 saturated carbocycles. The van der Waals surface area contributed by atoms with E-state index in [4.69, 9.17) is 4.74 Å². The lowest BCUT2D eigenvalue weighted by atomic mass is 10.0. The van der Waals surface area contributed by atoms with Crippen molar-refractivity contribution in [2.75, 3.05) is 14.2 Å². The molecule has 21 heavy (non-hydrogen) atoms. The monoisotopic (exact) mass is 403 g/mol. The topological polar surface area (TPSA) is 39.1 Å². The molecular formula is C15H19FIN3O. The second-order valence-electron chi connectivity index (χ2n) is 4.71. The normalized spacial score (nSPS) is 12.4. The third kappa shape index (κ3) is 3.37. The summed E-state index contributed by atoms with van der Waals surface area (Å²) in [5.41, 5.74) is 1.97. The first-order valence-electron chi connectivity index (χ1n) is 6.84. The third-order valence-electron chi connectivity index (χ3n) is 3.34. The van der Waals surface area contributed by atoms with E-state index in [1.165, 1.54) is 12.1 Å². The molecule has 2 rings (SSSR count). The number of hydrogen-bond donors (Lipinski definition) is 1. The molecule has 1 aromatic heterocycles. The van der Waals surface area contributed by atoms with Crippen LogP contribution in [0.25, 0.3) is 0 Å². The van der Waals surface area contributed by atoms with E-state index < -0.39 is 0 Å². The van der Waals surface area contributed by atoms with Gasteiger partial charge in [-0.2, -0.15) is 5.10 Å². The highest BCUT2D eigenvalue weighted by molar-refractivity contribution is 14.1. The summed E-state index contributed by atoms with van der Waals surface area (Å²) in [6.07, 6.45) is 2.71. The highest BCUT2D eigenvalue weighted by atomic mass is 127. The second kappa shape index (κ2) is 7.22. The van der Waals surface area contributed by atoms with E-state index in [-0.39, 0.29) is 11.9 Å². The molecular weight excluding hydrogens is 384 g/mol. The summed E-state index contributed by atoms with van der Waals surface area (Å²) >= 11 is 2.16. The molecule has 0 aliphatic carbocycles. The molecule has 2 aromatic rings. The van der Waals surface area contributed by atoms with Crippen molar-refractivity contribution in [1.82, 2.24) is 15.1 Å². The van der Waals surface area contributed by atoms with Gasteiger partial charge in [-0.3, -0.25) is 4.68 Å². The number of methoxy groups -OCH3 is 1. The number of nitrogens with zero attached hydrogens (tertiary/aromatic N) is 2. The lowest BCUT2D eigenvalue weighted by molar-refractivity contribution is 0.400. The minimum absolute atomic E-state index is 0.0958. The Balaban J connectivity index is 2.52. The van der Waals surface area contributed by atoms with Crippen molar-refractivity contribution in [3.63, 3.8) is 0 Å². The molecule has 6 heteroatoms. The van der Waals surface area contributed by atoms with Gasteiger partial charge in [0.15, 0.2) is 5.75 Å². The minimum atomic E-state index is -0.230. The summed E-state index contributed by atoms with van der Waals surface area (Å²) in [5.74, 6) is 0.509. The maximum Gasteiger partial charge on any atom is 0.161 e. The van der Waals surface area contributed by atoms with Crippen molar-refractivity contribution in [2.45, 2.75) is 25.9 Å². The van der Waals surface area contributed by atoms with E-state index in [1.54, 1.807) is 19.4 Å². The van der Waals surface area contributed by atoms with Gasteiger partial charge >= 0.3 is 0 Å². The summed E-state index contributed by atoms with van der Waals surface area (Å²) in [6.45, 7) is 2.92. The number of aromatic nitrogens is 2. The summed E-state index contributed by atoms with van der Waals surface area (Å²) in [5, 5.41) is 7.68. The summed E-state index contributed by atoms with van der Waals surface area (Å²) in [4.78, 5) is 0. The summed E-state index contributed by atoms with van der Waals surface area (Å²) in [6, 6.07) is 4.73. The van der Waals surface area contributed by atoms with Gasteiger partial charge in [-0.25, -0.2) is 4.39 Å². The molecule has 4 nitrogen and oxygen atoms in total. The Bertz CT molecular complexity index is 615. The van der Waals surface area contributed by atoms with E-state index >= 15 is 0 Å². The Hall–Kier alpha value is -1.15. The zero-order valence-electron chi connectivity index (χ0n) is 12.4. The molecule has 0 aliphatic heterocycles. The zero-order valence-corrected chi connectivity index (χ0v) is 14.5. The fourth-order valence-electron chi connectivity index (χ4n) is 2.39. The van der Waals surface area contributed by atoms with Crippen molar-refractivity contribution in [2.24, 2.45) is 0 Å². The van der Waals surface area contributed by atoms with Crippen LogP contribution in [0, 0.1) is 9.39 Å². The van der Waals surface area contributed by atoms with Crippen LogP contribution in [0.4, 0.5) is 4.39 Å². The first-order valence-corrected chi connectivity index (χ1v) is 7.92. The largest absolute Gasteiger partial charge is 0.493 e. The predicted molar refractivity (Wildman–Crippen MR) is 89.1 cm³/mol. The van der Waals surface area contributed by atoms with Crippen LogP contribution in [0.1, 0.15) is 30.6 Å². The summed E-state index contributed by atoms with van der Waals surface area (Å²) in [7, 11) is 3.52. The molecule has 0 saturated heterocycles. The summed E-state index contributed by atoms with van der Waals surface area (Å²) < 4.78 is 21.6. The van der Waals surface area contributed by atoms with E-state index in [0.717, 1.165) is 33.5 Å². The number of hydrogen-bond acceptors (Lipinski definition) is 3. The molecule has 1 aromatic carbocycles. The molecule has 0 aliphatic rings. The van der Waals surface area contributed by atoms with Crippen molar-refractivity contribution in [1.29, 1.82) is 0 Å². The van der Waals surface area contributed by atoms with E-state index in [1.807, 2.05) is 11.7 Å². The average molecular weight is 403 g/mol. The Morgan fingerprint density at radius 3 is 2.81 bits per heavy atom. The smallest absolute Gasteiger partial charge is 0.161 e. The van der Waals surface area contributed by atoms with Gasteiger partial charge in [0.1, 0.15) is 11.5 Å². The van der Waals surface area contributed by atoms with Crippen LogP contribution in [0.15, 0.2) is 24.4 Å². The first kappa shape index (κ1) is 16.2. The second-order valence-corrected chi connectivity index (χ2v) is 5.87. The Labute approximate surface area is 137 Å². The van der Waals surface area contributed by atoms with Gasteiger partial charge in [0.05, 0.1) is 19.3 Å². The third-order valence-corrected chi connectivity index (χ3v) is 4.27. The van der Waals surface area contributed by atoms with Crippen LogP contribution < -0.4 is 10.1 Å². The van der Waals surface area contributed by atoms with Crippen molar-refractivity contribution in [3.8, 4) is 5.75 Å². The fraction of sp³-hybridized carbons (Fsp3) is 0.400. The Morgan fingerprint density at radius 2 is 2.24 bits per heavy atom. The van der Waals surface area contributed by atoms with E-state index in [0.29, 0.717) is 0 Å². The highest BCUT2D eigenvalue weighted by Gasteiger charge is 2.24. The fourth-order valence-corrected chi connectivity index (χ4v) is 3.18. The van der Waals surface area contributed by atoms with Crippen molar-refractivity contribution >= 4 is 22.6 Å². The lowest BCUT2D eigenvalue weighted by Gasteiger charge is -2.21. The van der Waals surface area contributed by atoms with Gasteiger partial charge in [0.2, 0.25) is 0 Å². The number of rotatable bonds is 6. The number of benzene rings is 1. The quantitative estimate of drug-likeness (QED) is 0.753. The number of aryl methyl sites for hydroxylation is 1. The van der Waals surface area contributed by atoms with Crippen LogP contribution in [-0.2, 0) is 6.54 Å². The molecule has 0 bridgehead atoms. The zero-order chi connectivity index (χ0) is 15.4. The van der Waals surface area contributed by atoms with Gasteiger partial charge in [0.25, 0.3) is 0 Å². The van der Waals surface area contributed by atoms with Gasteiger partial charge < -0.3 is 10.1 Å². The maximum absolute atomic E-state index is 13.3. The molecule has 0 radical (unpaired) electrons. The minimum Gasteiger partial charge on any atom is -0.493 e. The van der Waals surface area contributed by atoms with Crippen LogP contribution in [0.3, 0.4) is 0 Å². The predicted octanol–water partition coefficient (Wildman–Crippen LogP) is 3.35. The molecule has 1 atom stereocenters. The number of halogens is 2. The molecule has 0 fully saturated rings. The van der Waals surface area contributed by atoms with Gasteiger partial charge in [-0.1, -0.05) is 13.0 Å². The number of nitrogens with one attached hydrogen (secondary N) is 1. The van der Waals surface area contributed by atoms with Crippen LogP contribution in [0.2, 0.25) is 0 Å². The molecule has 1 N–H and O–H groups in total. The van der Waals surface area contributed by atoms with E-state index in [2.05, 4.69) is 39.9 Å². The van der Waals surface area contributed by atoms with Gasteiger partial charge in [-0.05, 0) is 53.8 Å². The molecule has 1 heterocycles. The SMILES string of the molecule is CCCn1ncc(OC)c1C(NC)c1ccc(F)cc1I. The molecule has 0 spiro atoms. The standard InChI is InChI=1S/C15H19FIN3O/c1-4-7-20-15(13(21-3)9-19-20)14(18-2)11-6-5-10(16)8-12(11)17/h5-6,8-9,14,18H,4,7H2,1-3H3. The molecule has 0 amide bonds. The van der Waals surface area contributed by atoms with Gasteiger partial charge in [-0.15, -0.1) is 0 Å². The molecule has 114 valence electrons. The first-order chi connectivity index (χ1) is 10.1. The van der Waals surface area contributed by atoms with Crippen molar-refractivity contribution in [3.05, 3.63) is 45.0 Å². The Kier molecular flexibility index (Phi) is 5.58. The highest BCUT2D eigenvalue weighted by Crippen LogP contribution is 2.32. The lowest BCUT2D eigenvalue weighted by Crippen LogP contribution is -2.23. The van der Waals surface area contributed by atoms with Gasteiger partial charge in [0, 0.05) is 10.1 Å². The van der Waals surface area contributed by atoms with Crippen LogP contribution >= 0.6 is 22.6 Å². The maximum atomic E-state index is 13.3. The van der Waals surface area contributed by atoms with Crippen LogP contribution in [0.5, 0.6) is 5.75 Å². The van der Waals surface area contributed by atoms with Crippen LogP contribution in [-0.4, -0.2) is 23.9 Å². The number of ether oxygens (including phenoxy) is 1. The Morgan fingerprint density at radius 1 is 1.48 bits per heavy atom. The molecule has 1 unspecified atom stereocenters. The van der Waals surface area contributed by atoms with Crippen molar-refractivity contribution < 1.29 is 9.13 Å². The average Bonchev–Trinajstić information content (AvgIpc) is 2.85. The van der Waals surface area contributed by atoms with E-state index in [9.17, 15) is 4.39 Å².